The number of piperidine rings is 1. The predicted octanol–water partition coefficient (Wildman–Crippen LogP) is 3.20. The molecule has 54 heavy (non-hydrogen) atoms. The second-order valence-electron chi connectivity index (χ2n) is 14.3. The number of rotatable bonds is 11. The van der Waals surface area contributed by atoms with Crippen LogP contribution in [0.5, 0.6) is 5.75 Å². The average Bonchev–Trinajstić information content (AvgIpc) is 3.46. The molecule has 1 aromatic rings. The molecule has 286 valence electrons. The number of imide groups is 2. The van der Waals surface area contributed by atoms with E-state index in [1.54, 1.807) is 38.1 Å². The summed E-state index contributed by atoms with van der Waals surface area (Å²) in [6.07, 6.45) is 8.39. The highest BCUT2D eigenvalue weighted by Gasteiger charge is 2.74. The SMILES string of the molecule is COC(=O)C1=CC[C@@]23CC[C@H]([C@@](C)(/C=C/C=C(\C)C(=O)OCCCOc4cccc5c4C(=O)N(C4CCC(=O)NC4=O)C5=O)OC2=O)[C@@]3(OC(C)=O)CC1. The number of esters is 4. The molecular formula is C39H42N2O13. The molecule has 15 nitrogen and oxygen atoms in total. The monoisotopic (exact) mass is 746 g/mol. The zero-order chi connectivity index (χ0) is 39.0. The van der Waals surface area contributed by atoms with Crippen molar-refractivity contribution in [3.05, 3.63) is 64.8 Å². The van der Waals surface area contributed by atoms with Crippen LogP contribution in [0.4, 0.5) is 0 Å². The van der Waals surface area contributed by atoms with E-state index in [9.17, 15) is 38.4 Å². The van der Waals surface area contributed by atoms with Crippen LogP contribution in [0.2, 0.25) is 0 Å². The summed E-state index contributed by atoms with van der Waals surface area (Å²) in [6.45, 7) is 4.62. The number of hydrogen-bond donors (Lipinski definition) is 1. The minimum Gasteiger partial charge on any atom is -0.493 e. The van der Waals surface area contributed by atoms with Crippen molar-refractivity contribution in [2.24, 2.45) is 11.3 Å². The first-order valence-electron chi connectivity index (χ1n) is 17.9. The Kier molecular flexibility index (Phi) is 10.4. The van der Waals surface area contributed by atoms with E-state index in [4.69, 9.17) is 23.7 Å². The van der Waals surface area contributed by atoms with E-state index >= 15 is 0 Å². The number of carbonyl (C=O) groups excluding carboxylic acids is 8. The number of fused-ring (bicyclic) bond motifs is 1. The maximum absolute atomic E-state index is 13.8. The van der Waals surface area contributed by atoms with Crippen LogP contribution in [0.25, 0.3) is 0 Å². The number of cyclic esters (lactones) is 1. The Hall–Kier alpha value is -5.60. The topological polar surface area (TPSA) is 198 Å². The third kappa shape index (κ3) is 6.49. The largest absolute Gasteiger partial charge is 0.493 e. The van der Waals surface area contributed by atoms with Gasteiger partial charge < -0.3 is 23.7 Å². The Morgan fingerprint density at radius 3 is 2.52 bits per heavy atom. The quantitative estimate of drug-likeness (QED) is 0.0866. The average molecular weight is 747 g/mol. The summed E-state index contributed by atoms with van der Waals surface area (Å²) >= 11 is 0. The van der Waals surface area contributed by atoms with E-state index in [2.05, 4.69) is 5.32 Å². The zero-order valence-corrected chi connectivity index (χ0v) is 30.5. The molecule has 2 bridgehead atoms. The van der Waals surface area contributed by atoms with E-state index in [1.807, 2.05) is 0 Å². The third-order valence-electron chi connectivity index (χ3n) is 11.2. The molecule has 1 N–H and O–H groups in total. The molecule has 5 aliphatic rings. The number of nitrogens with one attached hydrogen (secondary N) is 1. The standard InChI is InChI=1S/C39H42N2O13/c1-22(8-6-16-37(3)28-15-18-38(36(49)54-37)17-13-24(35(48)50-4)14-19-39(28,38)53-23(2)42)34(47)52-21-7-20-51-27-10-5-9-25-30(27)33(46)41(32(25)45)26-11-12-29(43)40-31(26)44/h5-6,8-10,13,16,26,28H,7,11-12,14-15,17-21H2,1-4H3,(H,40,43,44)/b16-6+,22-8+/t26?,28-,37-,38-,39+/m1/s1. The molecule has 3 aliphatic heterocycles. The lowest BCUT2D eigenvalue weighted by Gasteiger charge is -2.54. The number of carbonyl (C=O) groups is 8. The summed E-state index contributed by atoms with van der Waals surface area (Å²) in [7, 11) is 1.29. The number of ether oxygens (including phenoxy) is 5. The van der Waals surface area contributed by atoms with Gasteiger partial charge in [0, 0.05) is 36.8 Å². The summed E-state index contributed by atoms with van der Waals surface area (Å²) in [5.41, 5.74) is -2.76. The Morgan fingerprint density at radius 1 is 1.02 bits per heavy atom. The zero-order valence-electron chi connectivity index (χ0n) is 30.5. The maximum atomic E-state index is 13.8. The van der Waals surface area contributed by atoms with Gasteiger partial charge in [-0.2, -0.15) is 0 Å². The second kappa shape index (κ2) is 14.7. The molecule has 3 heterocycles. The minimum atomic E-state index is -1.21. The summed E-state index contributed by atoms with van der Waals surface area (Å²) in [5.74, 6) is -4.94. The molecule has 5 atom stereocenters. The van der Waals surface area contributed by atoms with Crippen molar-refractivity contribution in [1.29, 1.82) is 0 Å². The van der Waals surface area contributed by atoms with Gasteiger partial charge in [0.1, 0.15) is 28.4 Å². The van der Waals surface area contributed by atoms with E-state index in [1.165, 1.54) is 32.2 Å². The van der Waals surface area contributed by atoms with Gasteiger partial charge in [-0.1, -0.05) is 24.3 Å². The van der Waals surface area contributed by atoms with Gasteiger partial charge in [-0.05, 0) is 70.6 Å². The fraction of sp³-hybridized carbons (Fsp3) is 0.487. The molecule has 0 aromatic heterocycles. The highest BCUT2D eigenvalue weighted by Crippen LogP contribution is 2.65. The van der Waals surface area contributed by atoms with Crippen LogP contribution in [0.1, 0.15) is 92.9 Å². The fourth-order valence-corrected chi connectivity index (χ4v) is 8.57. The summed E-state index contributed by atoms with van der Waals surface area (Å²) in [6, 6.07) is 3.45. The van der Waals surface area contributed by atoms with Crippen LogP contribution in [0.3, 0.4) is 0 Å². The van der Waals surface area contributed by atoms with Crippen molar-refractivity contribution >= 4 is 47.5 Å². The van der Waals surface area contributed by atoms with Gasteiger partial charge in [0.05, 0.1) is 31.5 Å². The minimum absolute atomic E-state index is 0.00452. The van der Waals surface area contributed by atoms with E-state index in [0.29, 0.717) is 18.4 Å². The van der Waals surface area contributed by atoms with Crippen molar-refractivity contribution in [2.45, 2.75) is 89.4 Å². The predicted molar refractivity (Wildman–Crippen MR) is 185 cm³/mol. The first-order chi connectivity index (χ1) is 25.7. The van der Waals surface area contributed by atoms with Gasteiger partial charge in [-0.25, -0.2) is 9.59 Å². The number of amides is 4. The molecule has 2 aliphatic carbocycles. The number of benzene rings is 1. The van der Waals surface area contributed by atoms with Crippen molar-refractivity contribution in [2.75, 3.05) is 20.3 Å². The molecule has 4 amide bonds. The third-order valence-corrected chi connectivity index (χ3v) is 11.2. The molecule has 1 saturated carbocycles. The molecule has 1 aromatic carbocycles. The molecule has 6 rings (SSSR count). The lowest BCUT2D eigenvalue weighted by Crippen LogP contribution is -2.65. The molecule has 15 heteroatoms. The molecule has 1 unspecified atom stereocenters. The van der Waals surface area contributed by atoms with Crippen LogP contribution in [0, 0.1) is 11.3 Å². The Labute approximate surface area is 311 Å². The summed E-state index contributed by atoms with van der Waals surface area (Å²) in [5, 5.41) is 2.16. The Balaban J connectivity index is 1.05. The Morgan fingerprint density at radius 2 is 1.80 bits per heavy atom. The molecule has 2 saturated heterocycles. The van der Waals surface area contributed by atoms with Crippen LogP contribution in [-0.4, -0.2) is 90.0 Å². The van der Waals surface area contributed by atoms with Crippen molar-refractivity contribution in [1.82, 2.24) is 10.2 Å². The van der Waals surface area contributed by atoms with Gasteiger partial charge in [0.2, 0.25) is 11.8 Å². The first-order valence-corrected chi connectivity index (χ1v) is 17.9. The van der Waals surface area contributed by atoms with Gasteiger partial charge >= 0.3 is 23.9 Å². The van der Waals surface area contributed by atoms with Crippen LogP contribution < -0.4 is 10.1 Å². The van der Waals surface area contributed by atoms with Crippen LogP contribution in [-0.2, 0) is 47.7 Å². The van der Waals surface area contributed by atoms with E-state index in [0.717, 1.165) is 4.90 Å². The van der Waals surface area contributed by atoms with Crippen molar-refractivity contribution in [3.8, 4) is 5.75 Å². The van der Waals surface area contributed by atoms with Crippen LogP contribution in [0.15, 0.2) is 53.6 Å². The lowest BCUT2D eigenvalue weighted by atomic mass is 9.62. The van der Waals surface area contributed by atoms with Gasteiger partial charge in [-0.15, -0.1) is 0 Å². The smallest absolute Gasteiger partial charge is 0.333 e. The lowest BCUT2D eigenvalue weighted by molar-refractivity contribution is -0.235. The molecule has 0 spiro atoms. The van der Waals surface area contributed by atoms with Crippen LogP contribution >= 0.6 is 0 Å². The number of methoxy groups -OCH3 is 1. The molecular weight excluding hydrogens is 704 g/mol. The van der Waals surface area contributed by atoms with E-state index in [-0.39, 0.29) is 74.2 Å². The maximum Gasteiger partial charge on any atom is 0.333 e. The number of hydrogen-bond acceptors (Lipinski definition) is 13. The summed E-state index contributed by atoms with van der Waals surface area (Å²) < 4.78 is 28.3. The molecule has 3 fully saturated rings. The first kappa shape index (κ1) is 38.1. The number of nitrogens with zero attached hydrogens (tertiary/aromatic N) is 1. The Bertz CT molecular complexity index is 1930. The fourth-order valence-electron chi connectivity index (χ4n) is 8.57. The second-order valence-corrected chi connectivity index (χ2v) is 14.3. The van der Waals surface area contributed by atoms with Gasteiger partial charge in [-0.3, -0.25) is 39.0 Å². The summed E-state index contributed by atoms with van der Waals surface area (Å²) in [4.78, 5) is 103. The van der Waals surface area contributed by atoms with Gasteiger partial charge in [0.25, 0.3) is 11.8 Å². The van der Waals surface area contributed by atoms with Crippen molar-refractivity contribution < 1.29 is 62.0 Å². The van der Waals surface area contributed by atoms with Gasteiger partial charge in [0.15, 0.2) is 0 Å². The van der Waals surface area contributed by atoms with Crippen molar-refractivity contribution in [3.63, 3.8) is 0 Å². The highest BCUT2D eigenvalue weighted by atomic mass is 16.6. The normalized spacial score (nSPS) is 29.1. The van der Waals surface area contributed by atoms with E-state index < -0.39 is 76.1 Å². The number of allylic oxidation sites excluding steroid dienone is 3. The highest BCUT2D eigenvalue weighted by molar-refractivity contribution is 6.24. The molecule has 0 radical (unpaired) electrons.